The summed E-state index contributed by atoms with van der Waals surface area (Å²) in [4.78, 5) is 13.9. The van der Waals surface area contributed by atoms with Crippen molar-refractivity contribution in [1.29, 1.82) is 0 Å². The molecule has 2 amide bonds. The van der Waals surface area contributed by atoms with Crippen LogP contribution in [-0.2, 0) is 10.0 Å². The topological polar surface area (TPSA) is 95.8 Å². The van der Waals surface area contributed by atoms with Crippen molar-refractivity contribution in [3.05, 3.63) is 11.8 Å². The Labute approximate surface area is 136 Å². The molecule has 2 heterocycles. The Morgan fingerprint density at radius 3 is 2.52 bits per heavy atom. The van der Waals surface area contributed by atoms with Gasteiger partial charge in [-0.3, -0.25) is 5.32 Å². The molecule has 1 fully saturated rings. The van der Waals surface area contributed by atoms with Crippen LogP contribution in [0.25, 0.3) is 0 Å². The van der Waals surface area contributed by atoms with E-state index < -0.39 is 10.0 Å². The number of aromatic nitrogens is 1. The Kier molecular flexibility index (Phi) is 5.30. The number of anilines is 1. The first kappa shape index (κ1) is 17.7. The molecule has 1 aromatic rings. The zero-order chi connectivity index (χ0) is 17.2. The molecule has 0 aliphatic carbocycles. The predicted molar refractivity (Wildman–Crippen MR) is 86.8 cm³/mol. The molecule has 1 N–H and O–H groups in total. The molecule has 1 saturated heterocycles. The summed E-state index contributed by atoms with van der Waals surface area (Å²) in [7, 11) is -1.45. The smallest absolute Gasteiger partial charge is 0.323 e. The van der Waals surface area contributed by atoms with Crippen LogP contribution in [-0.4, -0.2) is 61.2 Å². The number of rotatable bonds is 4. The summed E-state index contributed by atoms with van der Waals surface area (Å²) < 4.78 is 29.6. The highest BCUT2D eigenvalue weighted by Gasteiger charge is 2.29. The lowest BCUT2D eigenvalue weighted by molar-refractivity contribution is 0.174. The number of hydrogen-bond donors (Lipinski definition) is 1. The molecule has 8 nitrogen and oxygen atoms in total. The van der Waals surface area contributed by atoms with Gasteiger partial charge in [-0.25, -0.2) is 17.5 Å². The zero-order valence-electron chi connectivity index (χ0n) is 13.9. The molecular formula is C14H24N4O4S. The molecule has 1 aliphatic rings. The third-order valence-electron chi connectivity index (χ3n) is 4.09. The zero-order valence-corrected chi connectivity index (χ0v) is 14.8. The molecule has 0 saturated carbocycles. The summed E-state index contributed by atoms with van der Waals surface area (Å²) in [5.41, 5.74) is 0. The Hall–Kier alpha value is -1.61. The van der Waals surface area contributed by atoms with Crippen LogP contribution in [0, 0.1) is 0 Å². The van der Waals surface area contributed by atoms with E-state index in [1.165, 1.54) is 10.6 Å². The van der Waals surface area contributed by atoms with Crippen LogP contribution in [0.15, 0.2) is 10.6 Å². The number of carbonyl (C=O) groups excluding carboxylic acids is 1. The third-order valence-corrected chi connectivity index (χ3v) is 5.40. The number of urea groups is 1. The summed E-state index contributed by atoms with van der Waals surface area (Å²) in [5.74, 6) is 1.30. The van der Waals surface area contributed by atoms with Crippen LogP contribution in [0.1, 0.15) is 38.4 Å². The first-order chi connectivity index (χ1) is 10.7. The average Bonchev–Trinajstić information content (AvgIpc) is 2.94. The van der Waals surface area contributed by atoms with Gasteiger partial charge in [0.2, 0.25) is 10.0 Å². The van der Waals surface area contributed by atoms with E-state index in [9.17, 15) is 13.2 Å². The fraction of sp³-hybridized carbons (Fsp3) is 0.714. The lowest BCUT2D eigenvalue weighted by Crippen LogP contribution is -2.48. The van der Waals surface area contributed by atoms with Crippen molar-refractivity contribution in [2.75, 3.05) is 31.7 Å². The van der Waals surface area contributed by atoms with Gasteiger partial charge in [0.1, 0.15) is 5.76 Å². The Morgan fingerprint density at radius 2 is 2.04 bits per heavy atom. The van der Waals surface area contributed by atoms with Crippen molar-refractivity contribution in [3.63, 3.8) is 0 Å². The summed E-state index contributed by atoms with van der Waals surface area (Å²) in [5, 5.41) is 6.53. The molecule has 0 radical (unpaired) electrons. The molecule has 23 heavy (non-hydrogen) atoms. The van der Waals surface area contributed by atoms with Crippen molar-refractivity contribution >= 4 is 21.9 Å². The van der Waals surface area contributed by atoms with E-state index in [4.69, 9.17) is 4.52 Å². The fourth-order valence-electron chi connectivity index (χ4n) is 2.54. The number of nitrogens with zero attached hydrogens (tertiary/aromatic N) is 3. The van der Waals surface area contributed by atoms with Gasteiger partial charge in [0.25, 0.3) is 0 Å². The highest BCUT2D eigenvalue weighted by molar-refractivity contribution is 7.88. The lowest BCUT2D eigenvalue weighted by atomic mass is 10.1. The predicted octanol–water partition coefficient (Wildman–Crippen LogP) is 1.69. The summed E-state index contributed by atoms with van der Waals surface area (Å²) in [6.45, 7) is 4.83. The SMILES string of the molecule is CC(C)c1cc(NC(=O)N(C)C2CCN(S(C)(=O)=O)CC2)no1. The molecule has 0 unspecified atom stereocenters. The van der Waals surface area contributed by atoms with Gasteiger partial charge in [-0.15, -0.1) is 0 Å². The van der Waals surface area contributed by atoms with E-state index in [0.29, 0.717) is 37.5 Å². The highest BCUT2D eigenvalue weighted by atomic mass is 32.2. The van der Waals surface area contributed by atoms with Gasteiger partial charge in [0.05, 0.1) is 6.26 Å². The largest absolute Gasteiger partial charge is 0.359 e. The van der Waals surface area contributed by atoms with E-state index in [1.807, 2.05) is 13.8 Å². The van der Waals surface area contributed by atoms with Gasteiger partial charge < -0.3 is 9.42 Å². The molecule has 0 bridgehead atoms. The number of hydrogen-bond acceptors (Lipinski definition) is 5. The van der Waals surface area contributed by atoms with E-state index in [2.05, 4.69) is 10.5 Å². The molecule has 0 spiro atoms. The van der Waals surface area contributed by atoms with Gasteiger partial charge in [0, 0.05) is 38.2 Å². The second-order valence-corrected chi connectivity index (χ2v) is 8.19. The number of piperidine rings is 1. The standard InChI is InChI=1S/C14H24N4O4S/c1-10(2)12-9-13(16-22-12)15-14(19)17(3)11-5-7-18(8-6-11)23(4,20)21/h9-11H,5-8H2,1-4H3,(H,15,16,19). The first-order valence-corrected chi connectivity index (χ1v) is 9.49. The van der Waals surface area contributed by atoms with Gasteiger partial charge in [-0.1, -0.05) is 19.0 Å². The van der Waals surface area contributed by atoms with Crippen molar-refractivity contribution in [2.45, 2.75) is 38.6 Å². The Morgan fingerprint density at radius 1 is 1.43 bits per heavy atom. The lowest BCUT2D eigenvalue weighted by Gasteiger charge is -2.35. The van der Waals surface area contributed by atoms with E-state index in [0.717, 1.165) is 0 Å². The Balaban J connectivity index is 1.90. The van der Waals surface area contributed by atoms with Crippen LogP contribution >= 0.6 is 0 Å². The number of nitrogens with one attached hydrogen (secondary N) is 1. The van der Waals surface area contributed by atoms with Crippen LogP contribution < -0.4 is 5.32 Å². The quantitative estimate of drug-likeness (QED) is 0.896. The van der Waals surface area contributed by atoms with Gasteiger partial charge >= 0.3 is 6.03 Å². The van der Waals surface area contributed by atoms with Crippen molar-refractivity contribution in [2.24, 2.45) is 0 Å². The maximum Gasteiger partial charge on any atom is 0.323 e. The summed E-state index contributed by atoms with van der Waals surface area (Å²) >= 11 is 0. The van der Waals surface area contributed by atoms with Crippen LogP contribution in [0.4, 0.5) is 10.6 Å². The second kappa shape index (κ2) is 6.88. The molecule has 0 atom stereocenters. The minimum absolute atomic E-state index is 0.00414. The molecule has 1 aliphatic heterocycles. The normalized spacial score (nSPS) is 17.4. The molecule has 130 valence electrons. The van der Waals surface area contributed by atoms with Crippen molar-refractivity contribution < 1.29 is 17.7 Å². The Bertz CT molecular complexity index is 647. The number of carbonyl (C=O) groups is 1. The van der Waals surface area contributed by atoms with Crippen LogP contribution in [0.3, 0.4) is 0 Å². The number of sulfonamides is 1. The molecule has 9 heteroatoms. The molecule has 1 aromatic heterocycles. The second-order valence-electron chi connectivity index (χ2n) is 6.20. The minimum atomic E-state index is -3.16. The van der Waals surface area contributed by atoms with E-state index in [1.54, 1.807) is 18.0 Å². The summed E-state index contributed by atoms with van der Waals surface area (Å²) in [6.07, 6.45) is 2.45. The average molecular weight is 344 g/mol. The van der Waals surface area contributed by atoms with E-state index in [-0.39, 0.29) is 18.0 Å². The highest BCUT2D eigenvalue weighted by Crippen LogP contribution is 2.20. The monoisotopic (exact) mass is 344 g/mol. The van der Waals surface area contributed by atoms with Gasteiger partial charge in [-0.2, -0.15) is 0 Å². The van der Waals surface area contributed by atoms with Crippen molar-refractivity contribution in [3.8, 4) is 0 Å². The van der Waals surface area contributed by atoms with Crippen LogP contribution in [0.5, 0.6) is 0 Å². The first-order valence-electron chi connectivity index (χ1n) is 7.64. The third kappa shape index (κ3) is 4.44. The van der Waals surface area contributed by atoms with Gasteiger partial charge in [0.15, 0.2) is 5.82 Å². The fourth-order valence-corrected chi connectivity index (χ4v) is 3.42. The maximum absolute atomic E-state index is 12.3. The van der Waals surface area contributed by atoms with Crippen molar-refractivity contribution in [1.82, 2.24) is 14.4 Å². The van der Waals surface area contributed by atoms with Crippen LogP contribution in [0.2, 0.25) is 0 Å². The summed E-state index contributed by atoms with van der Waals surface area (Å²) in [6, 6.07) is 1.44. The molecular weight excluding hydrogens is 320 g/mol. The number of amides is 2. The minimum Gasteiger partial charge on any atom is -0.359 e. The maximum atomic E-state index is 12.3. The van der Waals surface area contributed by atoms with Gasteiger partial charge in [-0.05, 0) is 12.8 Å². The van der Waals surface area contributed by atoms with E-state index >= 15 is 0 Å². The molecule has 0 aromatic carbocycles. The molecule has 2 rings (SSSR count).